The molecule has 1 aliphatic heterocycles. The van der Waals surface area contributed by atoms with Crippen LogP contribution in [0.3, 0.4) is 0 Å². The fourth-order valence-electron chi connectivity index (χ4n) is 3.41. The minimum Gasteiger partial charge on any atom is -0.338 e. The lowest BCUT2D eigenvalue weighted by molar-refractivity contribution is 0.0783. The van der Waals surface area contributed by atoms with Crippen LogP contribution in [0.15, 0.2) is 47.2 Å². The Morgan fingerprint density at radius 3 is 2.92 bits per heavy atom. The van der Waals surface area contributed by atoms with Crippen LogP contribution in [0.4, 0.5) is 0 Å². The van der Waals surface area contributed by atoms with Gasteiger partial charge in [0.05, 0.1) is 6.54 Å². The fourth-order valence-corrected chi connectivity index (χ4v) is 3.41. The number of ketones is 1. The molecule has 7 nitrogen and oxygen atoms in total. The summed E-state index contributed by atoms with van der Waals surface area (Å²) < 4.78 is 7.19. The van der Waals surface area contributed by atoms with E-state index in [0.717, 1.165) is 24.9 Å². The molecule has 3 aromatic rings. The number of hydrogen-bond acceptors (Lipinski definition) is 6. The minimum atomic E-state index is -0.0404. The largest absolute Gasteiger partial charge is 0.338 e. The van der Waals surface area contributed by atoms with E-state index in [4.69, 9.17) is 4.52 Å². The van der Waals surface area contributed by atoms with E-state index in [1.54, 1.807) is 17.0 Å². The van der Waals surface area contributed by atoms with Gasteiger partial charge in [0.1, 0.15) is 0 Å². The summed E-state index contributed by atoms with van der Waals surface area (Å²) in [6.45, 7) is 2.17. The molecule has 0 saturated carbocycles. The maximum absolute atomic E-state index is 12.7. The first kappa shape index (κ1) is 16.7. The van der Waals surface area contributed by atoms with E-state index in [0.29, 0.717) is 30.6 Å². The summed E-state index contributed by atoms with van der Waals surface area (Å²) in [5, 5.41) is 4.07. The summed E-state index contributed by atoms with van der Waals surface area (Å²) >= 11 is 0. The van der Waals surface area contributed by atoms with Gasteiger partial charge in [-0.2, -0.15) is 4.98 Å². The molecule has 1 unspecified atom stereocenters. The van der Waals surface area contributed by atoms with Crippen molar-refractivity contribution in [3.05, 3.63) is 54.4 Å². The zero-order chi connectivity index (χ0) is 17.9. The first-order valence-corrected chi connectivity index (χ1v) is 8.82. The van der Waals surface area contributed by atoms with E-state index >= 15 is 0 Å². The lowest BCUT2D eigenvalue weighted by Gasteiger charge is -2.30. The van der Waals surface area contributed by atoms with Crippen LogP contribution in [-0.2, 0) is 13.6 Å². The SMILES string of the molecule is Cn1ccnc1C(=O)C1CCCN(Cc2nc(-c3ccccc3)no2)C1. The number of benzene rings is 1. The molecule has 26 heavy (non-hydrogen) atoms. The molecule has 7 heteroatoms. The summed E-state index contributed by atoms with van der Waals surface area (Å²) in [7, 11) is 1.85. The normalized spacial score (nSPS) is 18.1. The molecule has 1 atom stereocenters. The van der Waals surface area contributed by atoms with E-state index in [-0.39, 0.29) is 11.7 Å². The van der Waals surface area contributed by atoms with Gasteiger partial charge in [0.15, 0.2) is 5.82 Å². The Balaban J connectivity index is 1.42. The average molecular weight is 351 g/mol. The fraction of sp³-hybridized carbons (Fsp3) is 0.368. The Labute approximate surface area is 151 Å². The lowest BCUT2D eigenvalue weighted by atomic mass is 9.93. The third kappa shape index (κ3) is 3.43. The topological polar surface area (TPSA) is 77.1 Å². The molecule has 1 saturated heterocycles. The number of aromatic nitrogens is 4. The first-order valence-electron chi connectivity index (χ1n) is 8.82. The Morgan fingerprint density at radius 1 is 1.31 bits per heavy atom. The molecule has 134 valence electrons. The van der Waals surface area contributed by atoms with Gasteiger partial charge in [-0.3, -0.25) is 9.69 Å². The molecular formula is C19H21N5O2. The summed E-state index contributed by atoms with van der Waals surface area (Å²) in [4.78, 5) is 23.6. The summed E-state index contributed by atoms with van der Waals surface area (Å²) in [5.41, 5.74) is 0.934. The maximum Gasteiger partial charge on any atom is 0.241 e. The van der Waals surface area contributed by atoms with Gasteiger partial charge in [-0.25, -0.2) is 4.98 Å². The average Bonchev–Trinajstić information content (AvgIpc) is 3.31. The number of hydrogen-bond donors (Lipinski definition) is 0. The maximum atomic E-state index is 12.7. The minimum absolute atomic E-state index is 0.0404. The number of rotatable bonds is 5. The highest BCUT2D eigenvalue weighted by atomic mass is 16.5. The number of likely N-dealkylation sites (tertiary alicyclic amines) is 1. The highest BCUT2D eigenvalue weighted by Crippen LogP contribution is 2.22. The predicted octanol–water partition coefficient (Wildman–Crippen LogP) is 2.57. The van der Waals surface area contributed by atoms with Crippen molar-refractivity contribution in [2.45, 2.75) is 19.4 Å². The van der Waals surface area contributed by atoms with Crippen LogP contribution >= 0.6 is 0 Å². The molecule has 1 fully saturated rings. The first-order chi connectivity index (χ1) is 12.7. The number of imidazole rings is 1. The summed E-state index contributed by atoms with van der Waals surface area (Å²) in [6, 6.07) is 9.76. The van der Waals surface area contributed by atoms with Crippen molar-refractivity contribution in [2.75, 3.05) is 13.1 Å². The highest BCUT2D eigenvalue weighted by molar-refractivity contribution is 5.94. The van der Waals surface area contributed by atoms with Gasteiger partial charge in [0, 0.05) is 37.5 Å². The second-order valence-corrected chi connectivity index (χ2v) is 6.68. The van der Waals surface area contributed by atoms with Crippen LogP contribution in [0.5, 0.6) is 0 Å². The smallest absolute Gasteiger partial charge is 0.241 e. The van der Waals surface area contributed by atoms with Crippen molar-refractivity contribution in [3.8, 4) is 11.4 Å². The monoisotopic (exact) mass is 351 g/mol. The van der Waals surface area contributed by atoms with Crippen molar-refractivity contribution in [1.82, 2.24) is 24.6 Å². The third-order valence-electron chi connectivity index (χ3n) is 4.78. The van der Waals surface area contributed by atoms with Gasteiger partial charge >= 0.3 is 0 Å². The van der Waals surface area contributed by atoms with Crippen molar-refractivity contribution in [2.24, 2.45) is 13.0 Å². The van der Waals surface area contributed by atoms with Gasteiger partial charge < -0.3 is 9.09 Å². The van der Waals surface area contributed by atoms with Crippen LogP contribution < -0.4 is 0 Å². The Bertz CT molecular complexity index is 886. The van der Waals surface area contributed by atoms with Gasteiger partial charge in [-0.1, -0.05) is 35.5 Å². The number of nitrogens with zero attached hydrogens (tertiary/aromatic N) is 5. The van der Waals surface area contributed by atoms with E-state index < -0.39 is 0 Å². The standard InChI is InChI=1S/C19H21N5O2/c1-23-11-9-20-19(23)17(25)15-8-5-10-24(12-15)13-16-21-18(22-26-16)14-6-3-2-4-7-14/h2-4,6-7,9,11,15H,5,8,10,12-13H2,1H3. The molecule has 0 N–H and O–H groups in total. The van der Waals surface area contributed by atoms with Crippen LogP contribution in [0.1, 0.15) is 29.4 Å². The van der Waals surface area contributed by atoms with Crippen LogP contribution in [0.25, 0.3) is 11.4 Å². The zero-order valence-electron chi connectivity index (χ0n) is 14.7. The van der Waals surface area contributed by atoms with Crippen molar-refractivity contribution >= 4 is 5.78 Å². The lowest BCUT2D eigenvalue weighted by Crippen LogP contribution is -2.39. The second kappa shape index (κ2) is 7.21. The summed E-state index contributed by atoms with van der Waals surface area (Å²) in [6.07, 6.45) is 5.33. The van der Waals surface area contributed by atoms with Crippen molar-refractivity contribution in [3.63, 3.8) is 0 Å². The number of carbonyl (C=O) groups excluding carboxylic acids is 1. The molecule has 4 rings (SSSR count). The molecular weight excluding hydrogens is 330 g/mol. The third-order valence-corrected chi connectivity index (χ3v) is 4.78. The molecule has 3 heterocycles. The quantitative estimate of drug-likeness (QED) is 0.658. The van der Waals surface area contributed by atoms with Crippen LogP contribution in [0, 0.1) is 5.92 Å². The number of Topliss-reactive ketones (excluding diaryl/α,β-unsaturated/α-hetero) is 1. The number of piperidine rings is 1. The Kier molecular flexibility index (Phi) is 4.62. The molecule has 0 amide bonds. The van der Waals surface area contributed by atoms with Gasteiger partial charge in [-0.15, -0.1) is 0 Å². The van der Waals surface area contributed by atoms with E-state index in [2.05, 4.69) is 20.0 Å². The Morgan fingerprint density at radius 2 is 2.15 bits per heavy atom. The Hall–Kier alpha value is -2.80. The van der Waals surface area contributed by atoms with Gasteiger partial charge in [0.25, 0.3) is 0 Å². The highest BCUT2D eigenvalue weighted by Gasteiger charge is 2.29. The molecule has 0 bridgehead atoms. The predicted molar refractivity (Wildman–Crippen MR) is 95.3 cm³/mol. The number of aryl methyl sites for hydroxylation is 1. The summed E-state index contributed by atoms with van der Waals surface area (Å²) in [5.74, 6) is 1.77. The molecule has 0 radical (unpaired) electrons. The molecule has 0 spiro atoms. The van der Waals surface area contributed by atoms with Crippen LogP contribution in [0.2, 0.25) is 0 Å². The van der Waals surface area contributed by atoms with Crippen molar-refractivity contribution < 1.29 is 9.32 Å². The van der Waals surface area contributed by atoms with E-state index in [1.807, 2.05) is 37.4 Å². The van der Waals surface area contributed by atoms with Gasteiger partial charge in [-0.05, 0) is 19.4 Å². The second-order valence-electron chi connectivity index (χ2n) is 6.68. The van der Waals surface area contributed by atoms with Crippen LogP contribution in [-0.4, -0.2) is 43.5 Å². The van der Waals surface area contributed by atoms with E-state index in [1.165, 1.54) is 0 Å². The van der Waals surface area contributed by atoms with Crippen molar-refractivity contribution in [1.29, 1.82) is 0 Å². The van der Waals surface area contributed by atoms with E-state index in [9.17, 15) is 4.79 Å². The molecule has 1 aliphatic rings. The number of carbonyl (C=O) groups is 1. The molecule has 2 aromatic heterocycles. The van der Waals surface area contributed by atoms with Gasteiger partial charge in [0.2, 0.25) is 17.5 Å². The molecule has 0 aliphatic carbocycles. The zero-order valence-corrected chi connectivity index (χ0v) is 14.7. The molecule has 1 aromatic carbocycles.